The number of oxime groups is 1. The summed E-state index contributed by atoms with van der Waals surface area (Å²) >= 11 is 5.87. The minimum absolute atomic E-state index is 0.0291. The molecule has 0 radical (unpaired) electrons. The van der Waals surface area contributed by atoms with Gasteiger partial charge in [0, 0.05) is 10.6 Å². The molecule has 0 aliphatic heterocycles. The van der Waals surface area contributed by atoms with Crippen LogP contribution < -0.4 is 10.5 Å². The molecule has 0 amide bonds. The van der Waals surface area contributed by atoms with Crippen molar-refractivity contribution in [2.24, 2.45) is 16.3 Å². The summed E-state index contributed by atoms with van der Waals surface area (Å²) in [7, 11) is -3.55. The van der Waals surface area contributed by atoms with Crippen molar-refractivity contribution >= 4 is 33.1 Å². The van der Waals surface area contributed by atoms with E-state index in [0.717, 1.165) is 0 Å². The predicted molar refractivity (Wildman–Crippen MR) is 85.4 cm³/mol. The van der Waals surface area contributed by atoms with Crippen LogP contribution in [0.4, 0.5) is 5.69 Å². The minimum Gasteiger partial charge on any atom is -0.409 e. The molecule has 0 atom stereocenters. The normalized spacial score (nSPS) is 13.2. The van der Waals surface area contributed by atoms with Gasteiger partial charge in [-0.1, -0.05) is 37.5 Å². The van der Waals surface area contributed by atoms with Crippen LogP contribution in [0.2, 0.25) is 5.02 Å². The Balaban J connectivity index is 3.04. The fourth-order valence-corrected chi connectivity index (χ4v) is 3.20. The predicted octanol–water partition coefficient (Wildman–Crippen LogP) is 2.61. The van der Waals surface area contributed by atoms with E-state index < -0.39 is 10.0 Å². The van der Waals surface area contributed by atoms with Crippen molar-refractivity contribution in [3.63, 3.8) is 0 Å². The fraction of sp³-hybridized carbons (Fsp3) is 0.462. The molecule has 6 nitrogen and oxygen atoms in total. The summed E-state index contributed by atoms with van der Waals surface area (Å²) in [5.41, 5.74) is 5.88. The largest absolute Gasteiger partial charge is 0.409 e. The molecule has 0 aliphatic carbocycles. The number of hydrogen-bond acceptors (Lipinski definition) is 4. The third-order valence-corrected chi connectivity index (χ3v) is 4.26. The van der Waals surface area contributed by atoms with Gasteiger partial charge in [-0.2, -0.15) is 0 Å². The van der Waals surface area contributed by atoms with E-state index in [2.05, 4.69) is 9.88 Å². The Bertz CT molecular complexity index is 637. The van der Waals surface area contributed by atoms with Gasteiger partial charge in [-0.15, -0.1) is 0 Å². The molecule has 0 fully saturated rings. The molecule has 0 aliphatic rings. The second kappa shape index (κ2) is 6.53. The number of anilines is 1. The highest BCUT2D eigenvalue weighted by Gasteiger charge is 2.19. The highest BCUT2D eigenvalue weighted by molar-refractivity contribution is 7.92. The molecule has 118 valence electrons. The van der Waals surface area contributed by atoms with E-state index >= 15 is 0 Å². The van der Waals surface area contributed by atoms with Gasteiger partial charge in [-0.25, -0.2) is 8.42 Å². The number of hydrogen-bond donors (Lipinski definition) is 3. The molecule has 0 heterocycles. The van der Waals surface area contributed by atoms with Gasteiger partial charge < -0.3 is 10.9 Å². The first-order valence-electron chi connectivity index (χ1n) is 6.32. The molecule has 0 unspecified atom stereocenters. The first-order chi connectivity index (χ1) is 9.54. The van der Waals surface area contributed by atoms with E-state index in [1.807, 2.05) is 20.8 Å². The maximum absolute atomic E-state index is 12.1. The molecule has 0 bridgehead atoms. The van der Waals surface area contributed by atoms with Gasteiger partial charge in [0.25, 0.3) is 0 Å². The zero-order chi connectivity index (χ0) is 16.3. The lowest BCUT2D eigenvalue weighted by molar-refractivity contribution is 0.318. The molecule has 0 saturated carbocycles. The lowest BCUT2D eigenvalue weighted by atomic mass is 9.94. The Kier molecular flexibility index (Phi) is 5.47. The second-order valence-electron chi connectivity index (χ2n) is 5.91. The van der Waals surface area contributed by atoms with Gasteiger partial charge in [-0.3, -0.25) is 4.72 Å². The zero-order valence-electron chi connectivity index (χ0n) is 12.2. The molecular weight excluding hydrogens is 314 g/mol. The van der Waals surface area contributed by atoms with Gasteiger partial charge in [0.2, 0.25) is 10.0 Å². The van der Waals surface area contributed by atoms with Gasteiger partial charge in [0.1, 0.15) is 0 Å². The number of nitrogens with one attached hydrogen (secondary N) is 1. The van der Waals surface area contributed by atoms with Gasteiger partial charge >= 0.3 is 0 Å². The summed E-state index contributed by atoms with van der Waals surface area (Å²) in [5.74, 6) is -0.223. The number of nitrogens with two attached hydrogens (primary N) is 1. The number of amidine groups is 1. The molecule has 21 heavy (non-hydrogen) atoms. The summed E-state index contributed by atoms with van der Waals surface area (Å²) < 4.78 is 26.7. The average molecular weight is 334 g/mol. The third kappa shape index (κ3) is 5.81. The first kappa shape index (κ1) is 17.6. The first-order valence-corrected chi connectivity index (χ1v) is 8.35. The number of sulfonamides is 1. The summed E-state index contributed by atoms with van der Waals surface area (Å²) in [4.78, 5) is 0. The third-order valence-electron chi connectivity index (χ3n) is 2.75. The smallest absolute Gasteiger partial charge is 0.232 e. The van der Waals surface area contributed by atoms with Gasteiger partial charge in [-0.05, 0) is 30.0 Å². The number of rotatable bonds is 5. The Morgan fingerprint density at radius 3 is 2.57 bits per heavy atom. The lowest BCUT2D eigenvalue weighted by Crippen LogP contribution is -2.23. The quantitative estimate of drug-likeness (QED) is 0.333. The fourth-order valence-electron chi connectivity index (χ4n) is 1.54. The van der Waals surface area contributed by atoms with E-state index in [-0.39, 0.29) is 28.3 Å². The highest BCUT2D eigenvalue weighted by Crippen LogP contribution is 2.24. The van der Waals surface area contributed by atoms with Crippen LogP contribution in [-0.2, 0) is 10.0 Å². The molecule has 0 aromatic heterocycles. The molecule has 1 aromatic rings. The van der Waals surface area contributed by atoms with Crippen LogP contribution in [-0.4, -0.2) is 25.2 Å². The lowest BCUT2D eigenvalue weighted by Gasteiger charge is -2.19. The standard InChI is InChI=1S/C13H20ClN3O3S/c1-13(2,3)6-7-21(19,20)17-11-8-9(14)4-5-10(11)12(15)16-18/h4-5,8,17-18H,6-7H2,1-3H3,(H2,15,16). The van der Waals surface area contributed by atoms with Crippen LogP contribution in [0, 0.1) is 5.41 Å². The van der Waals surface area contributed by atoms with Crippen molar-refractivity contribution in [2.75, 3.05) is 10.5 Å². The maximum atomic E-state index is 12.1. The second-order valence-corrected chi connectivity index (χ2v) is 8.19. The van der Waals surface area contributed by atoms with Crippen LogP contribution >= 0.6 is 11.6 Å². The molecule has 0 spiro atoms. The van der Waals surface area contributed by atoms with Gasteiger partial charge in [0.15, 0.2) is 5.84 Å². The number of benzene rings is 1. The molecule has 4 N–H and O–H groups in total. The molecule has 8 heteroatoms. The van der Waals surface area contributed by atoms with Crippen LogP contribution in [0.25, 0.3) is 0 Å². The number of nitrogens with zero attached hydrogens (tertiary/aromatic N) is 1. The molecule has 0 saturated heterocycles. The monoisotopic (exact) mass is 333 g/mol. The van der Waals surface area contributed by atoms with Crippen molar-refractivity contribution < 1.29 is 13.6 Å². The van der Waals surface area contributed by atoms with Crippen molar-refractivity contribution in [2.45, 2.75) is 27.2 Å². The van der Waals surface area contributed by atoms with E-state index in [1.165, 1.54) is 18.2 Å². The zero-order valence-corrected chi connectivity index (χ0v) is 13.8. The Morgan fingerprint density at radius 2 is 2.05 bits per heavy atom. The molecule has 1 rings (SSSR count). The van der Waals surface area contributed by atoms with Crippen LogP contribution in [0.3, 0.4) is 0 Å². The Labute approximate surface area is 130 Å². The summed E-state index contributed by atoms with van der Waals surface area (Å²) in [5, 5.41) is 12.0. The molecular formula is C13H20ClN3O3S. The maximum Gasteiger partial charge on any atom is 0.232 e. The van der Waals surface area contributed by atoms with E-state index in [9.17, 15) is 8.42 Å². The van der Waals surface area contributed by atoms with Crippen molar-refractivity contribution in [1.82, 2.24) is 0 Å². The van der Waals surface area contributed by atoms with E-state index in [4.69, 9.17) is 22.5 Å². The van der Waals surface area contributed by atoms with Crippen LogP contribution in [0.1, 0.15) is 32.8 Å². The SMILES string of the molecule is CC(C)(C)CCS(=O)(=O)Nc1cc(Cl)ccc1/C(N)=N/O. The Hall–Kier alpha value is -1.47. The minimum atomic E-state index is -3.55. The van der Waals surface area contributed by atoms with E-state index in [0.29, 0.717) is 11.4 Å². The van der Waals surface area contributed by atoms with Crippen molar-refractivity contribution in [3.8, 4) is 0 Å². The topological polar surface area (TPSA) is 105 Å². The number of halogens is 1. The molecule has 1 aromatic carbocycles. The van der Waals surface area contributed by atoms with E-state index in [1.54, 1.807) is 0 Å². The van der Waals surface area contributed by atoms with Crippen LogP contribution in [0.15, 0.2) is 23.4 Å². The summed E-state index contributed by atoms with van der Waals surface area (Å²) in [6.45, 7) is 5.89. The summed E-state index contributed by atoms with van der Waals surface area (Å²) in [6, 6.07) is 4.43. The van der Waals surface area contributed by atoms with Crippen LogP contribution in [0.5, 0.6) is 0 Å². The highest BCUT2D eigenvalue weighted by atomic mass is 35.5. The average Bonchev–Trinajstić information content (AvgIpc) is 2.35. The van der Waals surface area contributed by atoms with Crippen molar-refractivity contribution in [1.29, 1.82) is 0 Å². The summed E-state index contributed by atoms with van der Waals surface area (Å²) in [6.07, 6.45) is 0.502. The Morgan fingerprint density at radius 1 is 1.43 bits per heavy atom. The van der Waals surface area contributed by atoms with Gasteiger partial charge in [0.05, 0.1) is 11.4 Å². The van der Waals surface area contributed by atoms with Crippen molar-refractivity contribution in [3.05, 3.63) is 28.8 Å².